The van der Waals surface area contributed by atoms with Gasteiger partial charge in [0.05, 0.1) is 17.4 Å². The zero-order valence-corrected chi connectivity index (χ0v) is 20.5. The van der Waals surface area contributed by atoms with Gasteiger partial charge in [0.1, 0.15) is 0 Å². The van der Waals surface area contributed by atoms with Crippen LogP contribution in [0.5, 0.6) is 0 Å². The van der Waals surface area contributed by atoms with E-state index in [-0.39, 0.29) is 12.0 Å². The zero-order chi connectivity index (χ0) is 22.0. The maximum atomic E-state index is 13.6. The standard InChI is InChI=1S/C28H47N3O/c32-28(24-18-13-9-5-2-6-10-14-19-24)31-21-15-20-27(31)26-22-25(29-30-26)23-16-11-7-3-1-4-8-12-17-23/h22-24,27H,1-21H2,(H,29,30)/t27-/m0/s1. The van der Waals surface area contributed by atoms with Gasteiger partial charge in [0.15, 0.2) is 0 Å². The highest BCUT2D eigenvalue weighted by Gasteiger charge is 2.35. The van der Waals surface area contributed by atoms with Crippen molar-refractivity contribution in [2.45, 2.75) is 140 Å². The first-order chi connectivity index (χ1) is 15.8. The van der Waals surface area contributed by atoms with Crippen molar-refractivity contribution in [1.29, 1.82) is 0 Å². The van der Waals surface area contributed by atoms with Gasteiger partial charge in [0.25, 0.3) is 0 Å². The van der Waals surface area contributed by atoms with Crippen LogP contribution in [0.25, 0.3) is 0 Å². The normalized spacial score (nSPS) is 26.1. The second kappa shape index (κ2) is 12.8. The molecule has 0 radical (unpaired) electrons. The van der Waals surface area contributed by atoms with Crippen LogP contribution in [0.3, 0.4) is 0 Å². The molecule has 1 aromatic rings. The third-order valence-electron chi connectivity index (χ3n) is 8.49. The Kier molecular flexibility index (Phi) is 9.53. The monoisotopic (exact) mass is 441 g/mol. The van der Waals surface area contributed by atoms with Gasteiger partial charge in [-0.2, -0.15) is 5.10 Å². The number of carbonyl (C=O) groups is 1. The molecule has 180 valence electrons. The number of H-pyrrole nitrogens is 1. The summed E-state index contributed by atoms with van der Waals surface area (Å²) in [7, 11) is 0. The predicted octanol–water partition coefficient (Wildman–Crippen LogP) is 7.82. The molecule has 4 rings (SSSR count). The van der Waals surface area contributed by atoms with Crippen molar-refractivity contribution in [2.75, 3.05) is 6.54 Å². The fourth-order valence-corrected chi connectivity index (χ4v) is 6.48. The van der Waals surface area contributed by atoms with Crippen molar-refractivity contribution in [3.63, 3.8) is 0 Å². The van der Waals surface area contributed by atoms with Crippen molar-refractivity contribution in [2.24, 2.45) is 5.92 Å². The van der Waals surface area contributed by atoms with Gasteiger partial charge in [-0.15, -0.1) is 0 Å². The average molecular weight is 442 g/mol. The van der Waals surface area contributed by atoms with Gasteiger partial charge in [-0.25, -0.2) is 0 Å². The molecule has 2 saturated carbocycles. The summed E-state index contributed by atoms with van der Waals surface area (Å²) in [6, 6.07) is 2.55. The fraction of sp³-hybridized carbons (Fsp3) is 0.857. The van der Waals surface area contributed by atoms with E-state index in [2.05, 4.69) is 16.1 Å². The molecule has 2 heterocycles. The minimum absolute atomic E-state index is 0.221. The number of carbonyl (C=O) groups excluding carboxylic acids is 1. The van der Waals surface area contributed by atoms with Crippen molar-refractivity contribution < 1.29 is 4.79 Å². The van der Waals surface area contributed by atoms with E-state index in [9.17, 15) is 4.79 Å². The molecule has 4 heteroatoms. The first-order valence-electron chi connectivity index (χ1n) is 14.2. The van der Waals surface area contributed by atoms with Crippen molar-refractivity contribution in [3.8, 4) is 0 Å². The lowest BCUT2D eigenvalue weighted by Crippen LogP contribution is -2.36. The minimum atomic E-state index is 0.221. The van der Waals surface area contributed by atoms with Gasteiger partial charge in [0.2, 0.25) is 5.91 Å². The molecule has 3 fully saturated rings. The summed E-state index contributed by atoms with van der Waals surface area (Å²) < 4.78 is 0. The smallest absolute Gasteiger partial charge is 0.226 e. The molecular formula is C28H47N3O. The van der Waals surface area contributed by atoms with E-state index in [1.54, 1.807) is 0 Å². The van der Waals surface area contributed by atoms with Crippen LogP contribution in [0.4, 0.5) is 0 Å². The van der Waals surface area contributed by atoms with E-state index in [1.807, 2.05) is 0 Å². The molecule has 0 bridgehead atoms. The molecule has 4 nitrogen and oxygen atoms in total. The van der Waals surface area contributed by atoms with Crippen LogP contribution in [0.15, 0.2) is 6.07 Å². The SMILES string of the molecule is O=C(C1CCCCCCCCC1)N1CCC[C@H]1c1cc(C2CCCCCCCCC2)n[nH]1. The second-order valence-corrected chi connectivity index (χ2v) is 10.9. The lowest BCUT2D eigenvalue weighted by atomic mass is 9.89. The van der Waals surface area contributed by atoms with Crippen LogP contribution in [0, 0.1) is 5.92 Å². The number of hydrogen-bond acceptors (Lipinski definition) is 2. The largest absolute Gasteiger partial charge is 0.334 e. The van der Waals surface area contributed by atoms with Crippen molar-refractivity contribution in [1.82, 2.24) is 15.1 Å². The van der Waals surface area contributed by atoms with Crippen LogP contribution >= 0.6 is 0 Å². The number of nitrogens with one attached hydrogen (secondary N) is 1. The molecule has 32 heavy (non-hydrogen) atoms. The number of nitrogens with zero attached hydrogens (tertiary/aromatic N) is 2. The second-order valence-electron chi connectivity index (χ2n) is 10.9. The van der Waals surface area contributed by atoms with E-state index in [1.165, 1.54) is 114 Å². The molecule has 1 atom stereocenters. The van der Waals surface area contributed by atoms with Gasteiger partial charge in [-0.3, -0.25) is 9.89 Å². The maximum Gasteiger partial charge on any atom is 0.226 e. The average Bonchev–Trinajstić information content (AvgIpc) is 3.50. The molecule has 0 spiro atoms. The summed E-state index contributed by atoms with van der Waals surface area (Å²) in [5.74, 6) is 1.28. The van der Waals surface area contributed by atoms with E-state index in [4.69, 9.17) is 5.10 Å². The number of rotatable bonds is 3. The fourth-order valence-electron chi connectivity index (χ4n) is 6.48. The van der Waals surface area contributed by atoms with Gasteiger partial charge < -0.3 is 4.90 Å². The Labute approximate surface area is 196 Å². The zero-order valence-electron chi connectivity index (χ0n) is 20.5. The topological polar surface area (TPSA) is 49.0 Å². The molecule has 1 saturated heterocycles. The van der Waals surface area contributed by atoms with Crippen molar-refractivity contribution in [3.05, 3.63) is 17.5 Å². The van der Waals surface area contributed by atoms with Crippen LogP contribution in [-0.4, -0.2) is 27.5 Å². The lowest BCUT2D eigenvalue weighted by Gasteiger charge is -2.29. The Balaban J connectivity index is 1.40. The first kappa shape index (κ1) is 23.8. The third kappa shape index (κ3) is 6.60. The van der Waals surface area contributed by atoms with Crippen LogP contribution in [-0.2, 0) is 4.79 Å². The summed E-state index contributed by atoms with van der Waals surface area (Å²) >= 11 is 0. The molecule has 1 aromatic heterocycles. The summed E-state index contributed by atoms with van der Waals surface area (Å²) in [6.45, 7) is 0.928. The van der Waals surface area contributed by atoms with Gasteiger partial charge in [-0.05, 0) is 44.6 Å². The van der Waals surface area contributed by atoms with E-state index in [0.29, 0.717) is 11.8 Å². The minimum Gasteiger partial charge on any atom is -0.334 e. The van der Waals surface area contributed by atoms with Gasteiger partial charge in [0, 0.05) is 18.4 Å². The van der Waals surface area contributed by atoms with Crippen LogP contribution in [0.2, 0.25) is 0 Å². The summed E-state index contributed by atoms with van der Waals surface area (Å²) in [5.41, 5.74) is 2.46. The number of hydrogen-bond donors (Lipinski definition) is 1. The van der Waals surface area contributed by atoms with Crippen LogP contribution in [0.1, 0.15) is 152 Å². The summed E-state index contributed by atoms with van der Waals surface area (Å²) in [4.78, 5) is 15.8. The van der Waals surface area contributed by atoms with E-state index < -0.39 is 0 Å². The number of aromatic amines is 1. The lowest BCUT2D eigenvalue weighted by molar-refractivity contribution is -0.137. The van der Waals surface area contributed by atoms with Crippen molar-refractivity contribution >= 4 is 5.91 Å². The Morgan fingerprint density at radius 1 is 0.719 bits per heavy atom. The number of likely N-dealkylation sites (tertiary alicyclic amines) is 1. The van der Waals surface area contributed by atoms with E-state index >= 15 is 0 Å². The highest BCUT2D eigenvalue weighted by atomic mass is 16.2. The number of amides is 1. The molecule has 1 amide bonds. The van der Waals surface area contributed by atoms with E-state index in [0.717, 1.165) is 32.2 Å². The summed E-state index contributed by atoms with van der Waals surface area (Å²) in [5, 5.41) is 8.20. The van der Waals surface area contributed by atoms with Crippen LogP contribution < -0.4 is 0 Å². The maximum absolute atomic E-state index is 13.6. The third-order valence-corrected chi connectivity index (χ3v) is 8.49. The Hall–Kier alpha value is -1.32. The summed E-state index contributed by atoms with van der Waals surface area (Å²) in [6.07, 6.45) is 25.8. The number of aromatic nitrogens is 2. The Morgan fingerprint density at radius 3 is 1.84 bits per heavy atom. The predicted molar refractivity (Wildman–Crippen MR) is 132 cm³/mol. The molecule has 2 aliphatic carbocycles. The highest BCUT2D eigenvalue weighted by molar-refractivity contribution is 5.79. The molecule has 3 aliphatic rings. The van der Waals surface area contributed by atoms with Gasteiger partial charge in [-0.1, -0.05) is 89.9 Å². The first-order valence-corrected chi connectivity index (χ1v) is 14.2. The highest BCUT2D eigenvalue weighted by Crippen LogP contribution is 2.36. The molecular weight excluding hydrogens is 394 g/mol. The Morgan fingerprint density at radius 2 is 1.25 bits per heavy atom. The Bertz CT molecular complexity index is 664. The quantitative estimate of drug-likeness (QED) is 0.519. The molecule has 0 aromatic carbocycles. The molecule has 1 aliphatic heterocycles. The molecule has 1 N–H and O–H groups in total. The van der Waals surface area contributed by atoms with Gasteiger partial charge >= 0.3 is 0 Å². The molecule has 0 unspecified atom stereocenters.